The molecule has 26 heavy (non-hydrogen) atoms. The lowest BCUT2D eigenvalue weighted by molar-refractivity contribution is -0.197. The molecule has 1 unspecified atom stereocenters. The molecule has 1 aliphatic heterocycles. The lowest BCUT2D eigenvalue weighted by Crippen LogP contribution is -2.39. The van der Waals surface area contributed by atoms with Crippen LogP contribution < -0.4 is 0 Å². The maximum atomic E-state index is 6.47. The summed E-state index contributed by atoms with van der Waals surface area (Å²) in [5, 5.41) is 0. The van der Waals surface area contributed by atoms with Crippen molar-refractivity contribution in [2.75, 3.05) is 26.2 Å². The predicted octanol–water partition coefficient (Wildman–Crippen LogP) is 5.65. The molecule has 0 N–H and O–H groups in total. The van der Waals surface area contributed by atoms with E-state index in [9.17, 15) is 0 Å². The summed E-state index contributed by atoms with van der Waals surface area (Å²) in [7, 11) is 0. The van der Waals surface area contributed by atoms with Crippen molar-refractivity contribution in [2.45, 2.75) is 91.5 Å². The highest BCUT2D eigenvalue weighted by Crippen LogP contribution is 2.47. The molecule has 1 atom stereocenters. The average molecular weight is 366 g/mol. The molecule has 0 bridgehead atoms. The van der Waals surface area contributed by atoms with Crippen LogP contribution in [-0.4, -0.2) is 43.0 Å². The molecule has 2 fully saturated rings. The SMILES string of the molecule is C=CCN(CCC1COC2(CCC(C(C)(C)CCC)CC2)O1)CC(C)C. The maximum absolute atomic E-state index is 6.47. The molecule has 3 heteroatoms. The van der Waals surface area contributed by atoms with Crippen molar-refractivity contribution in [1.82, 2.24) is 4.90 Å². The molecule has 0 radical (unpaired) electrons. The highest BCUT2D eigenvalue weighted by molar-refractivity contribution is 4.90. The normalized spacial score (nSPS) is 29.8. The second-order valence-electron chi connectivity index (χ2n) is 9.71. The van der Waals surface area contributed by atoms with Gasteiger partial charge in [0.05, 0.1) is 12.7 Å². The summed E-state index contributed by atoms with van der Waals surface area (Å²) >= 11 is 0. The van der Waals surface area contributed by atoms with Crippen LogP contribution in [0.15, 0.2) is 12.7 Å². The molecule has 0 aromatic rings. The van der Waals surface area contributed by atoms with Crippen LogP contribution in [0.25, 0.3) is 0 Å². The minimum atomic E-state index is -0.273. The first kappa shape index (κ1) is 21.9. The van der Waals surface area contributed by atoms with E-state index in [1.54, 1.807) is 0 Å². The van der Waals surface area contributed by atoms with Gasteiger partial charge in [-0.3, -0.25) is 4.90 Å². The Bertz CT molecular complexity index is 424. The van der Waals surface area contributed by atoms with E-state index in [-0.39, 0.29) is 11.9 Å². The predicted molar refractivity (Wildman–Crippen MR) is 110 cm³/mol. The lowest BCUT2D eigenvalue weighted by atomic mass is 9.68. The van der Waals surface area contributed by atoms with Crippen LogP contribution >= 0.6 is 0 Å². The van der Waals surface area contributed by atoms with E-state index < -0.39 is 0 Å². The first-order chi connectivity index (χ1) is 12.3. The monoisotopic (exact) mass is 365 g/mol. The van der Waals surface area contributed by atoms with Crippen LogP contribution in [0, 0.1) is 17.3 Å². The van der Waals surface area contributed by atoms with E-state index >= 15 is 0 Å². The fourth-order valence-electron chi connectivity index (χ4n) is 4.99. The molecular weight excluding hydrogens is 322 g/mol. The summed E-state index contributed by atoms with van der Waals surface area (Å²) in [6.45, 7) is 19.6. The van der Waals surface area contributed by atoms with E-state index in [4.69, 9.17) is 9.47 Å². The molecule has 152 valence electrons. The summed E-state index contributed by atoms with van der Waals surface area (Å²) in [5.41, 5.74) is 0.455. The van der Waals surface area contributed by atoms with Crippen molar-refractivity contribution in [3.8, 4) is 0 Å². The largest absolute Gasteiger partial charge is 0.347 e. The van der Waals surface area contributed by atoms with Crippen molar-refractivity contribution in [3.05, 3.63) is 12.7 Å². The van der Waals surface area contributed by atoms with Gasteiger partial charge in [-0.15, -0.1) is 6.58 Å². The summed E-state index contributed by atoms with van der Waals surface area (Å²) in [4.78, 5) is 2.48. The Labute approximate surface area is 162 Å². The highest BCUT2D eigenvalue weighted by Gasteiger charge is 2.46. The summed E-state index contributed by atoms with van der Waals surface area (Å²) in [5.74, 6) is 1.22. The molecule has 2 aliphatic rings. The molecule has 2 rings (SSSR count). The highest BCUT2D eigenvalue weighted by atomic mass is 16.7. The van der Waals surface area contributed by atoms with Crippen molar-refractivity contribution in [3.63, 3.8) is 0 Å². The minimum Gasteiger partial charge on any atom is -0.347 e. The van der Waals surface area contributed by atoms with Crippen molar-refractivity contribution >= 4 is 0 Å². The van der Waals surface area contributed by atoms with Crippen LogP contribution in [0.2, 0.25) is 0 Å². The van der Waals surface area contributed by atoms with E-state index in [2.05, 4.69) is 46.1 Å². The van der Waals surface area contributed by atoms with Crippen molar-refractivity contribution in [1.29, 1.82) is 0 Å². The molecule has 1 saturated heterocycles. The molecule has 3 nitrogen and oxygen atoms in total. The molecule has 1 saturated carbocycles. The minimum absolute atomic E-state index is 0.259. The van der Waals surface area contributed by atoms with Gasteiger partial charge in [0, 0.05) is 32.5 Å². The van der Waals surface area contributed by atoms with Crippen LogP contribution in [0.5, 0.6) is 0 Å². The molecule has 1 aliphatic carbocycles. The second kappa shape index (κ2) is 9.71. The molecular formula is C23H43NO2. The van der Waals surface area contributed by atoms with Crippen LogP contribution in [0.3, 0.4) is 0 Å². The summed E-state index contributed by atoms with van der Waals surface area (Å²) < 4.78 is 12.7. The van der Waals surface area contributed by atoms with Gasteiger partial charge in [-0.1, -0.05) is 47.1 Å². The number of rotatable bonds is 10. The maximum Gasteiger partial charge on any atom is 0.168 e. The zero-order valence-corrected chi connectivity index (χ0v) is 18.1. The standard InChI is InChI=1S/C23H43NO2/c1-7-12-22(5,6)20-9-13-23(14-10-20)25-18-21(26-23)11-16-24(15-8-2)17-19(3)4/h8,19-21H,2,7,9-18H2,1,3-6H3. The Morgan fingerprint density at radius 2 is 1.96 bits per heavy atom. The lowest BCUT2D eigenvalue weighted by Gasteiger charge is -2.42. The van der Waals surface area contributed by atoms with Crippen molar-refractivity contribution in [2.24, 2.45) is 17.3 Å². The first-order valence-electron chi connectivity index (χ1n) is 11.0. The van der Waals surface area contributed by atoms with E-state index in [0.717, 1.165) is 51.4 Å². The second-order valence-corrected chi connectivity index (χ2v) is 9.71. The smallest absolute Gasteiger partial charge is 0.168 e. The molecule has 0 aromatic heterocycles. The third-order valence-electron chi connectivity index (χ3n) is 6.44. The number of hydrogen-bond acceptors (Lipinski definition) is 3. The Balaban J connectivity index is 1.78. The average Bonchev–Trinajstić information content (AvgIpc) is 2.95. The van der Waals surface area contributed by atoms with Gasteiger partial charge in [0.2, 0.25) is 0 Å². The van der Waals surface area contributed by atoms with Crippen LogP contribution in [0.1, 0.15) is 79.6 Å². The molecule has 0 amide bonds. The zero-order chi connectivity index (χ0) is 19.2. The third-order valence-corrected chi connectivity index (χ3v) is 6.44. The fraction of sp³-hybridized carbons (Fsp3) is 0.913. The summed E-state index contributed by atoms with van der Waals surface area (Å²) in [6, 6.07) is 0. The molecule has 0 aromatic carbocycles. The fourth-order valence-corrected chi connectivity index (χ4v) is 4.99. The van der Waals surface area contributed by atoms with Crippen LogP contribution in [0.4, 0.5) is 0 Å². The van der Waals surface area contributed by atoms with Gasteiger partial charge in [-0.05, 0) is 42.9 Å². The number of hydrogen-bond donors (Lipinski definition) is 0. The number of nitrogens with zero attached hydrogens (tertiary/aromatic N) is 1. The van der Waals surface area contributed by atoms with E-state index in [1.165, 1.54) is 25.7 Å². The van der Waals surface area contributed by atoms with Gasteiger partial charge in [0.15, 0.2) is 5.79 Å². The molecule has 1 spiro atoms. The zero-order valence-electron chi connectivity index (χ0n) is 18.1. The van der Waals surface area contributed by atoms with E-state index in [1.807, 2.05) is 6.08 Å². The Hall–Kier alpha value is -0.380. The first-order valence-corrected chi connectivity index (χ1v) is 11.0. The topological polar surface area (TPSA) is 21.7 Å². The third kappa shape index (κ3) is 6.07. The Morgan fingerprint density at radius 1 is 1.27 bits per heavy atom. The van der Waals surface area contributed by atoms with Crippen LogP contribution in [-0.2, 0) is 9.47 Å². The van der Waals surface area contributed by atoms with Gasteiger partial charge < -0.3 is 9.47 Å². The Morgan fingerprint density at radius 3 is 2.54 bits per heavy atom. The van der Waals surface area contributed by atoms with Gasteiger partial charge in [0.25, 0.3) is 0 Å². The molecule has 1 heterocycles. The van der Waals surface area contributed by atoms with Gasteiger partial charge in [-0.2, -0.15) is 0 Å². The van der Waals surface area contributed by atoms with Gasteiger partial charge in [0.1, 0.15) is 0 Å². The quantitative estimate of drug-likeness (QED) is 0.467. The van der Waals surface area contributed by atoms with E-state index in [0.29, 0.717) is 11.3 Å². The Kier molecular flexibility index (Phi) is 8.18. The van der Waals surface area contributed by atoms with Gasteiger partial charge in [-0.25, -0.2) is 0 Å². The van der Waals surface area contributed by atoms with Gasteiger partial charge >= 0.3 is 0 Å². The van der Waals surface area contributed by atoms with Crippen molar-refractivity contribution < 1.29 is 9.47 Å². The number of ether oxygens (including phenoxy) is 2. The summed E-state index contributed by atoms with van der Waals surface area (Å²) in [6.07, 6.45) is 10.6.